The molecule has 0 saturated heterocycles. The first kappa shape index (κ1) is 19.5. The van der Waals surface area contributed by atoms with Gasteiger partial charge in [-0.05, 0) is 69.3 Å². The number of amides is 1. The van der Waals surface area contributed by atoms with E-state index in [0.29, 0.717) is 5.56 Å². The van der Waals surface area contributed by atoms with Gasteiger partial charge < -0.3 is 9.13 Å². The third-order valence-electron chi connectivity index (χ3n) is 5.09. The van der Waals surface area contributed by atoms with E-state index in [1.54, 1.807) is 12.3 Å². The number of para-hydroxylation sites is 1. The zero-order valence-corrected chi connectivity index (χ0v) is 17.3. The number of carbonyl (C=O) groups excluding carboxylic acids is 1. The molecule has 1 N–H and O–H groups in total. The topological polar surface area (TPSA) is 51.3 Å². The van der Waals surface area contributed by atoms with Gasteiger partial charge in [-0.2, -0.15) is 5.10 Å². The molecular formula is C25H24N4O. The van der Waals surface area contributed by atoms with Crippen molar-refractivity contribution < 1.29 is 4.79 Å². The first-order valence-corrected chi connectivity index (χ1v) is 9.86. The predicted octanol–water partition coefficient (Wildman–Crippen LogP) is 4.96. The second kappa shape index (κ2) is 8.25. The molecule has 2 aromatic heterocycles. The molecule has 2 heterocycles. The number of nitrogens with one attached hydrogen (secondary N) is 1. The van der Waals surface area contributed by atoms with Crippen LogP contribution in [0.2, 0.25) is 0 Å². The summed E-state index contributed by atoms with van der Waals surface area (Å²) in [6.45, 7) is 6.14. The molecule has 4 aromatic rings. The van der Waals surface area contributed by atoms with Gasteiger partial charge in [0.1, 0.15) is 0 Å². The van der Waals surface area contributed by atoms with E-state index in [4.69, 9.17) is 0 Å². The van der Waals surface area contributed by atoms with Crippen molar-refractivity contribution in [2.45, 2.75) is 20.8 Å². The second-order valence-electron chi connectivity index (χ2n) is 7.32. The number of hydrogen-bond donors (Lipinski definition) is 1. The average Bonchev–Trinajstić information content (AvgIpc) is 3.30. The third kappa shape index (κ3) is 3.96. The van der Waals surface area contributed by atoms with Gasteiger partial charge in [0.05, 0.1) is 6.21 Å². The maximum absolute atomic E-state index is 12.6. The standard InChI is InChI=1S/C25H24N4O/c1-18-12-13-19(2)29(18)24-11-7-8-22(15-24)25(30)27-26-16-21-14-20(3)28(17-21)23-9-5-4-6-10-23/h4-17H,1-3H3,(H,27,30)/b26-16-. The van der Waals surface area contributed by atoms with Crippen molar-refractivity contribution in [3.8, 4) is 11.4 Å². The fraction of sp³-hybridized carbons (Fsp3) is 0.120. The van der Waals surface area contributed by atoms with E-state index < -0.39 is 0 Å². The summed E-state index contributed by atoms with van der Waals surface area (Å²) in [6, 6.07) is 23.8. The quantitative estimate of drug-likeness (QED) is 0.376. The van der Waals surface area contributed by atoms with Gasteiger partial charge in [0.25, 0.3) is 5.91 Å². The first-order chi connectivity index (χ1) is 14.5. The lowest BCUT2D eigenvalue weighted by atomic mass is 10.2. The lowest BCUT2D eigenvalue weighted by molar-refractivity contribution is 0.0955. The van der Waals surface area contributed by atoms with Crippen LogP contribution in [0, 0.1) is 20.8 Å². The van der Waals surface area contributed by atoms with E-state index in [-0.39, 0.29) is 5.91 Å². The van der Waals surface area contributed by atoms with Crippen molar-refractivity contribution in [3.63, 3.8) is 0 Å². The molecule has 0 aliphatic heterocycles. The molecule has 0 radical (unpaired) electrons. The van der Waals surface area contributed by atoms with Gasteiger partial charge in [-0.25, -0.2) is 5.43 Å². The number of rotatable bonds is 5. The van der Waals surface area contributed by atoms with Crippen molar-refractivity contribution in [2.75, 3.05) is 0 Å². The summed E-state index contributed by atoms with van der Waals surface area (Å²) < 4.78 is 4.21. The fourth-order valence-electron chi connectivity index (χ4n) is 3.63. The minimum atomic E-state index is -0.241. The minimum absolute atomic E-state index is 0.241. The monoisotopic (exact) mass is 396 g/mol. The number of aryl methyl sites for hydroxylation is 3. The normalized spacial score (nSPS) is 11.2. The summed E-state index contributed by atoms with van der Waals surface area (Å²) in [7, 11) is 0. The zero-order chi connectivity index (χ0) is 21.1. The Morgan fingerprint density at radius 1 is 0.833 bits per heavy atom. The van der Waals surface area contributed by atoms with Crippen molar-refractivity contribution in [3.05, 3.63) is 107 Å². The van der Waals surface area contributed by atoms with E-state index in [2.05, 4.69) is 43.9 Å². The van der Waals surface area contributed by atoms with E-state index in [1.165, 1.54) is 0 Å². The van der Waals surface area contributed by atoms with Crippen molar-refractivity contribution in [2.24, 2.45) is 5.10 Å². The Morgan fingerprint density at radius 3 is 2.27 bits per heavy atom. The molecule has 5 heteroatoms. The van der Waals surface area contributed by atoms with Crippen LogP contribution in [0.5, 0.6) is 0 Å². The van der Waals surface area contributed by atoms with Crippen LogP contribution in [0.3, 0.4) is 0 Å². The van der Waals surface area contributed by atoms with Crippen molar-refractivity contribution >= 4 is 12.1 Å². The number of hydrazone groups is 1. The molecule has 0 fully saturated rings. The molecule has 0 aliphatic rings. The Hall–Kier alpha value is -3.86. The summed E-state index contributed by atoms with van der Waals surface area (Å²) in [4.78, 5) is 12.6. The van der Waals surface area contributed by atoms with Crippen LogP contribution in [0.4, 0.5) is 0 Å². The number of aromatic nitrogens is 2. The third-order valence-corrected chi connectivity index (χ3v) is 5.09. The second-order valence-corrected chi connectivity index (χ2v) is 7.32. The molecule has 0 aliphatic carbocycles. The highest BCUT2D eigenvalue weighted by Crippen LogP contribution is 2.18. The van der Waals surface area contributed by atoms with Crippen LogP contribution < -0.4 is 5.43 Å². The Bertz CT molecular complexity index is 1200. The molecule has 150 valence electrons. The molecule has 0 bridgehead atoms. The summed E-state index contributed by atoms with van der Waals surface area (Å²) in [5.74, 6) is -0.241. The highest BCUT2D eigenvalue weighted by Gasteiger charge is 2.09. The molecule has 0 saturated carbocycles. The largest absolute Gasteiger partial charge is 0.321 e. The Morgan fingerprint density at radius 2 is 1.53 bits per heavy atom. The number of nitrogens with zero attached hydrogens (tertiary/aromatic N) is 3. The van der Waals surface area contributed by atoms with Crippen LogP contribution in [0.25, 0.3) is 11.4 Å². The number of benzene rings is 2. The van der Waals surface area contributed by atoms with Crippen LogP contribution >= 0.6 is 0 Å². The van der Waals surface area contributed by atoms with E-state index in [0.717, 1.165) is 34.0 Å². The SMILES string of the molecule is Cc1cc(/C=N\NC(=O)c2cccc(-n3c(C)ccc3C)c2)cn1-c1ccccc1. The van der Waals surface area contributed by atoms with E-state index in [9.17, 15) is 4.79 Å². The maximum Gasteiger partial charge on any atom is 0.271 e. The molecule has 2 aromatic carbocycles. The molecular weight excluding hydrogens is 372 g/mol. The summed E-state index contributed by atoms with van der Waals surface area (Å²) in [6.07, 6.45) is 3.66. The van der Waals surface area contributed by atoms with Gasteiger partial charge in [0.2, 0.25) is 0 Å². The van der Waals surface area contributed by atoms with Crippen molar-refractivity contribution in [1.29, 1.82) is 0 Å². The zero-order valence-electron chi connectivity index (χ0n) is 17.3. The number of hydrogen-bond acceptors (Lipinski definition) is 2. The molecule has 0 unspecified atom stereocenters. The Labute approximate surface area is 176 Å². The van der Waals surface area contributed by atoms with Gasteiger partial charge in [-0.15, -0.1) is 0 Å². The van der Waals surface area contributed by atoms with Gasteiger partial charge in [-0.1, -0.05) is 24.3 Å². The van der Waals surface area contributed by atoms with Gasteiger partial charge in [-0.3, -0.25) is 4.79 Å². The number of carbonyl (C=O) groups is 1. The molecule has 0 atom stereocenters. The lowest BCUT2D eigenvalue weighted by Gasteiger charge is -2.10. The smallest absolute Gasteiger partial charge is 0.271 e. The molecule has 5 nitrogen and oxygen atoms in total. The van der Waals surface area contributed by atoms with Crippen molar-refractivity contribution in [1.82, 2.24) is 14.6 Å². The highest BCUT2D eigenvalue weighted by molar-refractivity contribution is 5.95. The van der Waals surface area contributed by atoms with Gasteiger partial charge in [0.15, 0.2) is 0 Å². The average molecular weight is 396 g/mol. The molecule has 30 heavy (non-hydrogen) atoms. The van der Waals surface area contributed by atoms with E-state index in [1.807, 2.05) is 69.4 Å². The van der Waals surface area contributed by atoms with Crippen LogP contribution in [0.1, 0.15) is 33.0 Å². The minimum Gasteiger partial charge on any atom is -0.321 e. The molecule has 1 amide bonds. The summed E-state index contributed by atoms with van der Waals surface area (Å²) >= 11 is 0. The predicted molar refractivity (Wildman–Crippen MR) is 121 cm³/mol. The van der Waals surface area contributed by atoms with Crippen LogP contribution in [-0.4, -0.2) is 21.3 Å². The van der Waals surface area contributed by atoms with E-state index >= 15 is 0 Å². The van der Waals surface area contributed by atoms with Gasteiger partial charge in [0, 0.05) is 45.8 Å². The lowest BCUT2D eigenvalue weighted by Crippen LogP contribution is -2.18. The molecule has 0 spiro atoms. The Kier molecular flexibility index (Phi) is 5.35. The van der Waals surface area contributed by atoms with Crippen LogP contribution in [0.15, 0.2) is 84.1 Å². The molecule has 4 rings (SSSR count). The fourth-order valence-corrected chi connectivity index (χ4v) is 3.63. The van der Waals surface area contributed by atoms with Crippen LogP contribution in [-0.2, 0) is 0 Å². The maximum atomic E-state index is 12.6. The highest BCUT2D eigenvalue weighted by atomic mass is 16.2. The first-order valence-electron chi connectivity index (χ1n) is 9.86. The van der Waals surface area contributed by atoms with Gasteiger partial charge >= 0.3 is 0 Å². The summed E-state index contributed by atoms with van der Waals surface area (Å²) in [5, 5.41) is 4.15. The Balaban J connectivity index is 1.48. The summed E-state index contributed by atoms with van der Waals surface area (Å²) in [5.41, 5.74) is 9.51.